The van der Waals surface area contributed by atoms with E-state index in [1.807, 2.05) is 0 Å². The van der Waals surface area contributed by atoms with Gasteiger partial charge in [-0.05, 0) is 18.2 Å². The van der Waals surface area contributed by atoms with Gasteiger partial charge in [-0.15, -0.1) is 0 Å². The molecule has 14 heavy (non-hydrogen) atoms. The fraction of sp³-hybridized carbons (Fsp3) is 0. The van der Waals surface area contributed by atoms with Gasteiger partial charge in [-0.1, -0.05) is 0 Å². The molecule has 0 radical (unpaired) electrons. The fourth-order valence-electron chi connectivity index (χ4n) is 0.970. The van der Waals surface area contributed by atoms with E-state index in [9.17, 15) is 4.79 Å². The number of benzene rings is 1. The molecule has 0 atom stereocenters. The highest BCUT2D eigenvalue weighted by Crippen LogP contribution is 2.15. The second-order valence-electron chi connectivity index (χ2n) is 2.57. The lowest BCUT2D eigenvalue weighted by atomic mass is 10.2. The molecule has 1 aromatic carbocycles. The molecule has 0 unspecified atom stereocenters. The van der Waals surface area contributed by atoms with Gasteiger partial charge in [0.15, 0.2) is 0 Å². The van der Waals surface area contributed by atoms with Crippen LogP contribution in [0.3, 0.4) is 0 Å². The number of carboxylic acid groups (broad SMARTS) is 1. The average Bonchev–Trinajstić information content (AvgIpc) is 2.14. The van der Waals surface area contributed by atoms with Crippen molar-refractivity contribution in [3.05, 3.63) is 23.8 Å². The zero-order valence-corrected chi connectivity index (χ0v) is 7.27. The lowest BCUT2D eigenvalue weighted by molar-refractivity contribution is 0.0697. The van der Waals surface area contributed by atoms with Crippen molar-refractivity contribution in [1.29, 1.82) is 0 Å². The van der Waals surface area contributed by atoms with E-state index in [1.54, 1.807) is 6.07 Å². The van der Waals surface area contributed by atoms with Crippen LogP contribution in [0.5, 0.6) is 0 Å². The van der Waals surface area contributed by atoms with Crippen molar-refractivity contribution in [2.24, 2.45) is 10.9 Å². The molecule has 0 saturated carbocycles. The molecule has 0 aliphatic carbocycles. The van der Waals surface area contributed by atoms with E-state index in [2.05, 4.69) is 10.4 Å². The number of carbonyl (C=O) groups is 1. The summed E-state index contributed by atoms with van der Waals surface area (Å²) in [7, 11) is 0. The quantitative estimate of drug-likeness (QED) is 0.181. The first-order valence-electron chi connectivity index (χ1n) is 3.75. The van der Waals surface area contributed by atoms with Crippen LogP contribution in [0.2, 0.25) is 0 Å². The van der Waals surface area contributed by atoms with E-state index < -0.39 is 5.97 Å². The number of nitrogens with zero attached hydrogens (tertiary/aromatic N) is 1. The van der Waals surface area contributed by atoms with Crippen molar-refractivity contribution in [3.63, 3.8) is 0 Å². The number of nitrogen functional groups attached to an aromatic ring is 1. The van der Waals surface area contributed by atoms with E-state index in [1.165, 1.54) is 18.5 Å². The van der Waals surface area contributed by atoms with Gasteiger partial charge >= 0.3 is 5.97 Å². The van der Waals surface area contributed by atoms with E-state index in [4.69, 9.17) is 16.7 Å². The van der Waals surface area contributed by atoms with Gasteiger partial charge in [0.1, 0.15) is 6.34 Å². The molecule has 74 valence electrons. The first-order valence-corrected chi connectivity index (χ1v) is 3.75. The van der Waals surface area contributed by atoms with Crippen molar-refractivity contribution in [2.75, 3.05) is 11.1 Å². The maximum absolute atomic E-state index is 10.6. The molecular weight excluding hydrogens is 184 g/mol. The number of nitrogens with one attached hydrogen (secondary N) is 1. The highest BCUT2D eigenvalue weighted by atomic mass is 16.4. The molecular formula is C8H10N4O2. The van der Waals surface area contributed by atoms with Crippen LogP contribution in [0.1, 0.15) is 10.4 Å². The van der Waals surface area contributed by atoms with E-state index >= 15 is 0 Å². The molecule has 0 fully saturated rings. The predicted molar refractivity (Wildman–Crippen MR) is 54.1 cm³/mol. The van der Waals surface area contributed by atoms with E-state index in [0.29, 0.717) is 11.4 Å². The van der Waals surface area contributed by atoms with Gasteiger partial charge < -0.3 is 22.0 Å². The minimum atomic E-state index is -1.04. The predicted octanol–water partition coefficient (Wildman–Crippen LogP) is 0.281. The maximum Gasteiger partial charge on any atom is 0.335 e. The molecule has 0 aliphatic heterocycles. The number of aromatic carboxylic acids is 1. The second-order valence-corrected chi connectivity index (χ2v) is 2.57. The first kappa shape index (κ1) is 9.85. The Morgan fingerprint density at radius 1 is 1.50 bits per heavy atom. The number of hydrogen-bond acceptors (Lipinski definition) is 4. The van der Waals surface area contributed by atoms with Gasteiger partial charge in [-0.25, -0.2) is 4.79 Å². The first-order chi connectivity index (χ1) is 6.63. The largest absolute Gasteiger partial charge is 0.478 e. The lowest BCUT2D eigenvalue weighted by Crippen LogP contribution is -2.02. The Bertz CT molecular complexity index is 376. The van der Waals surface area contributed by atoms with Gasteiger partial charge in [0.05, 0.1) is 5.56 Å². The van der Waals surface area contributed by atoms with Gasteiger partial charge in [-0.3, -0.25) is 0 Å². The summed E-state index contributed by atoms with van der Waals surface area (Å²) in [5.41, 5.74) is 6.48. The summed E-state index contributed by atoms with van der Waals surface area (Å²) in [5.74, 6) is 3.83. The van der Waals surface area contributed by atoms with E-state index in [-0.39, 0.29) is 5.56 Å². The lowest BCUT2D eigenvalue weighted by Gasteiger charge is -2.03. The van der Waals surface area contributed by atoms with Crippen LogP contribution in [-0.2, 0) is 0 Å². The van der Waals surface area contributed by atoms with Crippen molar-refractivity contribution in [2.45, 2.75) is 0 Å². The van der Waals surface area contributed by atoms with Crippen LogP contribution in [0.25, 0.3) is 0 Å². The smallest absolute Gasteiger partial charge is 0.335 e. The van der Waals surface area contributed by atoms with Crippen molar-refractivity contribution < 1.29 is 9.90 Å². The molecule has 1 aromatic rings. The molecule has 0 saturated heterocycles. The third-order valence-corrected chi connectivity index (χ3v) is 1.51. The Kier molecular flexibility index (Phi) is 2.90. The molecule has 0 heterocycles. The summed E-state index contributed by atoms with van der Waals surface area (Å²) in [6, 6.07) is 4.38. The Morgan fingerprint density at radius 2 is 2.21 bits per heavy atom. The van der Waals surface area contributed by atoms with Gasteiger partial charge in [0.2, 0.25) is 0 Å². The fourth-order valence-corrected chi connectivity index (χ4v) is 0.970. The second kappa shape index (κ2) is 4.13. The molecule has 0 amide bonds. The molecule has 6 nitrogen and oxygen atoms in total. The molecule has 6 N–H and O–H groups in total. The Morgan fingerprint density at radius 3 is 2.79 bits per heavy atom. The van der Waals surface area contributed by atoms with Gasteiger partial charge in [-0.2, -0.15) is 5.10 Å². The Labute approximate surface area is 80.2 Å². The molecule has 0 aromatic heterocycles. The SMILES string of the molecule is N/N=C\Nc1cc(N)cc(C(=O)O)c1. The van der Waals surface area contributed by atoms with Crippen LogP contribution in [-0.4, -0.2) is 17.4 Å². The highest BCUT2D eigenvalue weighted by molar-refractivity contribution is 5.91. The van der Waals surface area contributed by atoms with Crippen LogP contribution in [0.15, 0.2) is 23.3 Å². The zero-order chi connectivity index (χ0) is 10.6. The van der Waals surface area contributed by atoms with Gasteiger partial charge in [0.25, 0.3) is 0 Å². The third-order valence-electron chi connectivity index (χ3n) is 1.51. The zero-order valence-electron chi connectivity index (χ0n) is 7.27. The minimum Gasteiger partial charge on any atom is -0.478 e. The summed E-state index contributed by atoms with van der Waals surface area (Å²) < 4.78 is 0. The topological polar surface area (TPSA) is 114 Å². The minimum absolute atomic E-state index is 0.109. The Balaban J connectivity index is 3.00. The summed E-state index contributed by atoms with van der Waals surface area (Å²) in [6.45, 7) is 0. The highest BCUT2D eigenvalue weighted by Gasteiger charge is 2.04. The van der Waals surface area contributed by atoms with Crippen LogP contribution >= 0.6 is 0 Å². The van der Waals surface area contributed by atoms with Crippen LogP contribution in [0, 0.1) is 0 Å². The van der Waals surface area contributed by atoms with Crippen LogP contribution < -0.4 is 16.9 Å². The number of hydrazone groups is 1. The normalized spacial score (nSPS) is 10.3. The molecule has 0 spiro atoms. The standard InChI is InChI=1S/C8H10N4O2/c9-6-1-5(8(13)14)2-7(3-6)11-4-12-10/h1-4H,9-10H2,(H,11,12)(H,13,14). The molecule has 0 bridgehead atoms. The third kappa shape index (κ3) is 2.37. The van der Waals surface area contributed by atoms with Crippen molar-refractivity contribution in [3.8, 4) is 0 Å². The summed E-state index contributed by atoms with van der Waals surface area (Å²) >= 11 is 0. The number of carboxylic acids is 1. The number of nitrogens with two attached hydrogens (primary N) is 2. The molecule has 1 rings (SSSR count). The number of hydrogen-bond donors (Lipinski definition) is 4. The molecule has 0 aliphatic rings. The summed E-state index contributed by atoms with van der Waals surface area (Å²) in [5, 5.41) is 14.6. The number of rotatable bonds is 3. The Hall–Kier alpha value is -2.24. The summed E-state index contributed by atoms with van der Waals surface area (Å²) in [6.07, 6.45) is 1.24. The van der Waals surface area contributed by atoms with Crippen LogP contribution in [0.4, 0.5) is 11.4 Å². The monoisotopic (exact) mass is 194 g/mol. The average molecular weight is 194 g/mol. The maximum atomic E-state index is 10.6. The van der Waals surface area contributed by atoms with E-state index in [0.717, 1.165) is 0 Å². The van der Waals surface area contributed by atoms with Crippen molar-refractivity contribution >= 4 is 23.7 Å². The molecule has 6 heteroatoms. The van der Waals surface area contributed by atoms with Crippen molar-refractivity contribution in [1.82, 2.24) is 0 Å². The van der Waals surface area contributed by atoms with Gasteiger partial charge in [0, 0.05) is 11.4 Å². The number of anilines is 2. The summed E-state index contributed by atoms with van der Waals surface area (Å²) in [4.78, 5) is 10.6.